The Kier molecular flexibility index (Phi) is 15.0. The molecule has 0 aliphatic heterocycles. The third-order valence-electron chi connectivity index (χ3n) is 3.21. The molecule has 0 aromatic heterocycles. The number of hydrogen-bond acceptors (Lipinski definition) is 3. The molecule has 2 N–H and O–H groups in total. The quantitative estimate of drug-likeness (QED) is 0.202. The predicted molar refractivity (Wildman–Crippen MR) is 89.8 cm³/mol. The van der Waals surface area contributed by atoms with Crippen molar-refractivity contribution < 1.29 is 20.0 Å². The van der Waals surface area contributed by atoms with E-state index in [1.54, 1.807) is 0 Å². The molecule has 126 valence electrons. The zero-order valence-corrected chi connectivity index (χ0v) is 13.6. The summed E-state index contributed by atoms with van der Waals surface area (Å²) in [6, 6.07) is 0. The van der Waals surface area contributed by atoms with Crippen molar-refractivity contribution in [2.75, 3.05) is 0 Å². The highest BCUT2D eigenvalue weighted by Gasteiger charge is 2.00. The van der Waals surface area contributed by atoms with Gasteiger partial charge in [0.15, 0.2) is 0 Å². The summed E-state index contributed by atoms with van der Waals surface area (Å²) in [5, 5.41) is 17.4. The Bertz CT molecular complexity index is 345. The van der Waals surface area contributed by atoms with E-state index in [0.717, 1.165) is 44.9 Å². The minimum absolute atomic E-state index is 0.260. The van der Waals surface area contributed by atoms with Crippen LogP contribution in [0.5, 0.6) is 0 Å². The lowest BCUT2D eigenvalue weighted by Crippen LogP contribution is -2.05. The third kappa shape index (κ3) is 15.0. The monoisotopic (exact) mass is 310 g/mol. The highest BCUT2D eigenvalue weighted by molar-refractivity contribution is 5.66. The molecule has 0 saturated carbocycles. The van der Waals surface area contributed by atoms with Crippen molar-refractivity contribution in [1.82, 2.24) is 0 Å². The highest BCUT2D eigenvalue weighted by atomic mass is 17.1. The molecule has 0 saturated heterocycles. The number of allylic oxidation sites excluding steroid dienone is 4. The Morgan fingerprint density at radius 1 is 1.05 bits per heavy atom. The SMILES string of the molecule is CCC=CCC=CCC(C=CCCCCCCC(=O)O)OO. The van der Waals surface area contributed by atoms with Crippen molar-refractivity contribution >= 4 is 5.97 Å². The molecule has 22 heavy (non-hydrogen) atoms. The summed E-state index contributed by atoms with van der Waals surface area (Å²) in [4.78, 5) is 14.8. The van der Waals surface area contributed by atoms with E-state index < -0.39 is 5.97 Å². The van der Waals surface area contributed by atoms with Gasteiger partial charge in [-0.1, -0.05) is 56.2 Å². The van der Waals surface area contributed by atoms with Crippen LogP contribution in [0.1, 0.15) is 64.7 Å². The predicted octanol–water partition coefficient (Wildman–Crippen LogP) is 5.13. The molecule has 1 unspecified atom stereocenters. The maximum Gasteiger partial charge on any atom is 0.303 e. The second kappa shape index (κ2) is 16.0. The first-order valence-electron chi connectivity index (χ1n) is 8.19. The van der Waals surface area contributed by atoms with Gasteiger partial charge >= 0.3 is 5.97 Å². The normalized spacial score (nSPS) is 13.5. The van der Waals surface area contributed by atoms with E-state index in [2.05, 4.69) is 30.0 Å². The Balaban J connectivity index is 3.65. The zero-order valence-electron chi connectivity index (χ0n) is 13.6. The molecule has 0 radical (unpaired) electrons. The molecule has 0 heterocycles. The number of aliphatic carboxylic acids is 1. The molecule has 0 fully saturated rings. The first-order chi connectivity index (χ1) is 10.7. The molecule has 0 aliphatic rings. The first kappa shape index (κ1) is 20.6. The van der Waals surface area contributed by atoms with Gasteiger partial charge in [0, 0.05) is 6.42 Å². The van der Waals surface area contributed by atoms with E-state index in [9.17, 15) is 4.79 Å². The van der Waals surface area contributed by atoms with Gasteiger partial charge in [-0.15, -0.1) is 0 Å². The van der Waals surface area contributed by atoms with Crippen molar-refractivity contribution in [3.63, 3.8) is 0 Å². The van der Waals surface area contributed by atoms with Gasteiger partial charge in [-0.05, 0) is 38.5 Å². The molecular weight excluding hydrogens is 280 g/mol. The molecule has 0 aromatic rings. The molecule has 0 spiro atoms. The molecule has 0 aromatic carbocycles. The van der Waals surface area contributed by atoms with Crippen molar-refractivity contribution in [2.45, 2.75) is 70.8 Å². The Morgan fingerprint density at radius 3 is 2.45 bits per heavy atom. The molecule has 0 aliphatic carbocycles. The van der Waals surface area contributed by atoms with Gasteiger partial charge in [0.05, 0.1) is 0 Å². The summed E-state index contributed by atoms with van der Waals surface area (Å²) in [5.74, 6) is -0.721. The van der Waals surface area contributed by atoms with Crippen molar-refractivity contribution in [3.8, 4) is 0 Å². The molecule has 0 amide bonds. The van der Waals surface area contributed by atoms with Gasteiger partial charge in [-0.2, -0.15) is 0 Å². The van der Waals surface area contributed by atoms with Crippen LogP contribution in [0.3, 0.4) is 0 Å². The van der Waals surface area contributed by atoms with E-state index in [-0.39, 0.29) is 12.5 Å². The lowest BCUT2D eigenvalue weighted by atomic mass is 10.1. The van der Waals surface area contributed by atoms with Gasteiger partial charge < -0.3 is 5.11 Å². The molecule has 1 atom stereocenters. The number of carboxylic acid groups (broad SMARTS) is 1. The van der Waals surface area contributed by atoms with Crippen molar-refractivity contribution in [2.24, 2.45) is 0 Å². The van der Waals surface area contributed by atoms with Crippen LogP contribution in [0.4, 0.5) is 0 Å². The summed E-state index contributed by atoms with van der Waals surface area (Å²) in [6.45, 7) is 2.10. The zero-order chi connectivity index (χ0) is 16.5. The van der Waals surface area contributed by atoms with Crippen LogP contribution in [0.15, 0.2) is 36.5 Å². The maximum atomic E-state index is 10.3. The second-order valence-corrected chi connectivity index (χ2v) is 5.24. The fourth-order valence-electron chi connectivity index (χ4n) is 1.96. The molecular formula is C18H30O4. The third-order valence-corrected chi connectivity index (χ3v) is 3.21. The maximum absolute atomic E-state index is 10.3. The standard InChI is InChI=1S/C18H30O4/c1-2-3-4-5-8-11-14-17(22-21)15-12-9-6-7-10-13-16-18(19)20/h3-4,8,11-12,15,17,21H,2,5-7,9-10,13-14,16H2,1H3,(H,19,20). The minimum atomic E-state index is -0.721. The van der Waals surface area contributed by atoms with E-state index in [4.69, 9.17) is 10.4 Å². The fourth-order valence-corrected chi connectivity index (χ4v) is 1.96. The molecule has 4 nitrogen and oxygen atoms in total. The largest absolute Gasteiger partial charge is 0.481 e. The smallest absolute Gasteiger partial charge is 0.303 e. The van der Waals surface area contributed by atoms with Crippen LogP contribution in [0, 0.1) is 0 Å². The highest BCUT2D eigenvalue weighted by Crippen LogP contribution is 2.08. The number of carboxylic acids is 1. The summed E-state index contributed by atoms with van der Waals surface area (Å²) in [7, 11) is 0. The summed E-state index contributed by atoms with van der Waals surface area (Å²) < 4.78 is 0. The number of unbranched alkanes of at least 4 members (excludes halogenated alkanes) is 4. The van der Waals surface area contributed by atoms with Gasteiger partial charge in [0.2, 0.25) is 0 Å². The average molecular weight is 310 g/mol. The van der Waals surface area contributed by atoms with Crippen LogP contribution in [0.25, 0.3) is 0 Å². The number of rotatable bonds is 14. The minimum Gasteiger partial charge on any atom is -0.481 e. The lowest BCUT2D eigenvalue weighted by Gasteiger charge is -2.05. The van der Waals surface area contributed by atoms with Crippen LogP contribution in [0.2, 0.25) is 0 Å². The summed E-state index contributed by atoms with van der Waals surface area (Å²) in [5.41, 5.74) is 0. The fraction of sp³-hybridized carbons (Fsp3) is 0.611. The van der Waals surface area contributed by atoms with Gasteiger partial charge in [-0.25, -0.2) is 4.89 Å². The van der Waals surface area contributed by atoms with Gasteiger partial charge in [0.1, 0.15) is 6.10 Å². The van der Waals surface area contributed by atoms with Crippen molar-refractivity contribution in [1.29, 1.82) is 0 Å². The van der Waals surface area contributed by atoms with E-state index in [1.807, 2.05) is 18.2 Å². The molecule has 0 bridgehead atoms. The van der Waals surface area contributed by atoms with Crippen LogP contribution >= 0.6 is 0 Å². The van der Waals surface area contributed by atoms with E-state index in [0.29, 0.717) is 6.42 Å². The Labute approximate surface area is 134 Å². The Hall–Kier alpha value is -1.39. The average Bonchev–Trinajstić information content (AvgIpc) is 2.50. The topological polar surface area (TPSA) is 66.8 Å². The second-order valence-electron chi connectivity index (χ2n) is 5.24. The number of carbonyl (C=O) groups is 1. The molecule has 0 rings (SSSR count). The van der Waals surface area contributed by atoms with E-state index >= 15 is 0 Å². The van der Waals surface area contributed by atoms with Crippen molar-refractivity contribution in [3.05, 3.63) is 36.5 Å². The van der Waals surface area contributed by atoms with Crippen LogP contribution in [-0.2, 0) is 9.68 Å². The molecule has 4 heteroatoms. The van der Waals surface area contributed by atoms with E-state index in [1.165, 1.54) is 0 Å². The van der Waals surface area contributed by atoms with Crippen LogP contribution in [-0.4, -0.2) is 22.4 Å². The van der Waals surface area contributed by atoms with Crippen LogP contribution < -0.4 is 0 Å². The lowest BCUT2D eigenvalue weighted by molar-refractivity contribution is -0.264. The first-order valence-corrected chi connectivity index (χ1v) is 8.19. The Morgan fingerprint density at radius 2 is 1.77 bits per heavy atom. The number of hydrogen-bond donors (Lipinski definition) is 2. The summed E-state index contributed by atoms with van der Waals surface area (Å²) >= 11 is 0. The van der Waals surface area contributed by atoms with Gasteiger partial charge in [0.25, 0.3) is 0 Å². The van der Waals surface area contributed by atoms with Gasteiger partial charge in [-0.3, -0.25) is 10.1 Å². The summed E-state index contributed by atoms with van der Waals surface area (Å²) in [6.07, 6.45) is 19.5.